The molecule has 1 amide bonds. The molecule has 0 fully saturated rings. The lowest BCUT2D eigenvalue weighted by Crippen LogP contribution is -2.32. The average Bonchev–Trinajstić information content (AvgIpc) is 2.72. The molecule has 29 heavy (non-hydrogen) atoms. The predicted molar refractivity (Wildman–Crippen MR) is 115 cm³/mol. The Morgan fingerprint density at radius 3 is 2.34 bits per heavy atom. The topological polar surface area (TPSA) is 66.9 Å². The summed E-state index contributed by atoms with van der Waals surface area (Å²) in [5.74, 6) is 0.300. The molecular formula is C21H27ClN2O4S. The number of nitrogens with zero attached hydrogens (tertiary/aromatic N) is 2. The van der Waals surface area contributed by atoms with Crippen LogP contribution in [0.2, 0.25) is 5.02 Å². The van der Waals surface area contributed by atoms with Crippen molar-refractivity contribution >= 4 is 27.5 Å². The molecule has 0 aliphatic heterocycles. The first kappa shape index (κ1) is 23.2. The van der Waals surface area contributed by atoms with Gasteiger partial charge in [-0.15, -0.1) is 0 Å². The molecule has 0 bridgehead atoms. The van der Waals surface area contributed by atoms with Gasteiger partial charge in [0.25, 0.3) is 5.91 Å². The summed E-state index contributed by atoms with van der Waals surface area (Å²) in [6.07, 6.45) is 0. The fourth-order valence-electron chi connectivity index (χ4n) is 3.13. The van der Waals surface area contributed by atoms with Gasteiger partial charge in [-0.2, -0.15) is 4.31 Å². The van der Waals surface area contributed by atoms with Crippen molar-refractivity contribution in [2.24, 2.45) is 0 Å². The van der Waals surface area contributed by atoms with Gasteiger partial charge in [-0.3, -0.25) is 4.79 Å². The molecule has 1 atom stereocenters. The van der Waals surface area contributed by atoms with Crippen LogP contribution >= 0.6 is 11.6 Å². The van der Waals surface area contributed by atoms with E-state index in [2.05, 4.69) is 0 Å². The number of rotatable bonds is 8. The van der Waals surface area contributed by atoms with Crippen LogP contribution in [0.4, 0.5) is 0 Å². The third-order valence-electron chi connectivity index (χ3n) is 5.00. The van der Waals surface area contributed by atoms with Crippen LogP contribution in [-0.4, -0.2) is 50.8 Å². The van der Waals surface area contributed by atoms with Crippen LogP contribution in [0, 0.1) is 0 Å². The Morgan fingerprint density at radius 2 is 1.76 bits per heavy atom. The molecule has 2 aromatic rings. The zero-order valence-electron chi connectivity index (χ0n) is 17.3. The quantitative estimate of drug-likeness (QED) is 0.619. The van der Waals surface area contributed by atoms with Gasteiger partial charge in [0.1, 0.15) is 5.75 Å². The zero-order chi connectivity index (χ0) is 21.8. The number of carbonyl (C=O) groups is 1. The standard InChI is InChI=1S/C21H27ClN2O4S/c1-6-24(7-2)29(26,27)16-12-13-19(22)18(14-16)21(25)23(4)15(3)17-10-8-9-11-20(17)28-5/h8-15H,6-7H2,1-5H3. The highest BCUT2D eigenvalue weighted by Crippen LogP contribution is 2.31. The van der Waals surface area contributed by atoms with Crippen molar-refractivity contribution < 1.29 is 17.9 Å². The smallest absolute Gasteiger partial charge is 0.255 e. The van der Waals surface area contributed by atoms with Crippen molar-refractivity contribution in [3.8, 4) is 5.75 Å². The maximum Gasteiger partial charge on any atom is 0.255 e. The number of sulfonamides is 1. The molecule has 0 aliphatic carbocycles. The molecule has 0 spiro atoms. The first-order valence-electron chi connectivity index (χ1n) is 9.38. The van der Waals surface area contributed by atoms with E-state index in [4.69, 9.17) is 16.3 Å². The molecule has 2 aromatic carbocycles. The number of ether oxygens (including phenoxy) is 1. The molecule has 6 nitrogen and oxygen atoms in total. The van der Waals surface area contributed by atoms with Gasteiger partial charge in [0.2, 0.25) is 10.0 Å². The normalized spacial score (nSPS) is 12.7. The van der Waals surface area contributed by atoms with Crippen molar-refractivity contribution in [3.63, 3.8) is 0 Å². The highest BCUT2D eigenvalue weighted by molar-refractivity contribution is 7.89. The third kappa shape index (κ3) is 4.74. The summed E-state index contributed by atoms with van der Waals surface area (Å²) in [7, 11) is -0.470. The van der Waals surface area contributed by atoms with Crippen LogP contribution in [-0.2, 0) is 10.0 Å². The number of carbonyl (C=O) groups excluding carboxylic acids is 1. The van der Waals surface area contributed by atoms with E-state index in [1.54, 1.807) is 28.0 Å². The number of para-hydroxylation sites is 1. The fourth-order valence-corrected chi connectivity index (χ4v) is 4.81. The summed E-state index contributed by atoms with van der Waals surface area (Å²) >= 11 is 6.26. The summed E-state index contributed by atoms with van der Waals surface area (Å²) in [5, 5.41) is 0.201. The summed E-state index contributed by atoms with van der Waals surface area (Å²) < 4.78 is 32.4. The first-order chi connectivity index (χ1) is 13.7. The summed E-state index contributed by atoms with van der Waals surface area (Å²) in [6, 6.07) is 11.4. The van der Waals surface area contributed by atoms with Crippen LogP contribution in [0.3, 0.4) is 0 Å². The number of amides is 1. The minimum Gasteiger partial charge on any atom is -0.496 e. The van der Waals surface area contributed by atoms with Gasteiger partial charge in [-0.25, -0.2) is 8.42 Å². The fraction of sp³-hybridized carbons (Fsp3) is 0.381. The largest absolute Gasteiger partial charge is 0.496 e. The molecular weight excluding hydrogens is 412 g/mol. The number of methoxy groups -OCH3 is 1. The molecule has 0 aliphatic rings. The number of hydrogen-bond donors (Lipinski definition) is 0. The molecule has 0 radical (unpaired) electrons. The van der Waals surface area contributed by atoms with E-state index in [9.17, 15) is 13.2 Å². The second-order valence-corrected chi connectivity index (χ2v) is 8.91. The lowest BCUT2D eigenvalue weighted by Gasteiger charge is -2.27. The molecule has 0 saturated carbocycles. The lowest BCUT2D eigenvalue weighted by molar-refractivity contribution is 0.0741. The van der Waals surface area contributed by atoms with Crippen LogP contribution in [0.25, 0.3) is 0 Å². The van der Waals surface area contributed by atoms with Crippen molar-refractivity contribution in [3.05, 3.63) is 58.6 Å². The molecule has 0 aromatic heterocycles. The Morgan fingerprint density at radius 1 is 1.14 bits per heavy atom. The molecule has 0 saturated heterocycles. The van der Waals surface area contributed by atoms with E-state index in [1.165, 1.54) is 27.4 Å². The Hall–Kier alpha value is -2.09. The molecule has 0 N–H and O–H groups in total. The summed E-state index contributed by atoms with van der Waals surface area (Å²) in [6.45, 7) is 6.10. The number of benzene rings is 2. The predicted octanol–water partition coefficient (Wildman–Crippen LogP) is 4.21. The highest BCUT2D eigenvalue weighted by atomic mass is 35.5. The van der Waals surface area contributed by atoms with Gasteiger partial charge in [-0.1, -0.05) is 43.6 Å². The van der Waals surface area contributed by atoms with Gasteiger partial charge >= 0.3 is 0 Å². The summed E-state index contributed by atoms with van der Waals surface area (Å²) in [4.78, 5) is 14.7. The van der Waals surface area contributed by atoms with Crippen molar-refractivity contribution in [1.29, 1.82) is 0 Å². The zero-order valence-corrected chi connectivity index (χ0v) is 18.9. The second-order valence-electron chi connectivity index (χ2n) is 6.56. The highest BCUT2D eigenvalue weighted by Gasteiger charge is 2.27. The minimum absolute atomic E-state index is 0.0484. The first-order valence-corrected chi connectivity index (χ1v) is 11.2. The van der Waals surface area contributed by atoms with E-state index in [1.807, 2.05) is 31.2 Å². The Kier molecular flexibility index (Phi) is 7.68. The number of halogens is 1. The van der Waals surface area contributed by atoms with Crippen LogP contribution < -0.4 is 4.74 Å². The number of hydrogen-bond acceptors (Lipinski definition) is 4. The summed E-state index contributed by atoms with van der Waals surface area (Å²) in [5.41, 5.74) is 0.984. The van der Waals surface area contributed by atoms with Gasteiger partial charge in [-0.05, 0) is 31.2 Å². The van der Waals surface area contributed by atoms with Crippen molar-refractivity contribution in [2.45, 2.75) is 31.7 Å². The van der Waals surface area contributed by atoms with E-state index in [-0.39, 0.29) is 27.4 Å². The van der Waals surface area contributed by atoms with E-state index in [0.717, 1.165) is 5.56 Å². The van der Waals surface area contributed by atoms with Crippen LogP contribution in [0.1, 0.15) is 42.7 Å². The monoisotopic (exact) mass is 438 g/mol. The molecule has 2 rings (SSSR count). The van der Waals surface area contributed by atoms with Crippen LogP contribution in [0.5, 0.6) is 5.75 Å². The Bertz CT molecular complexity index is 974. The SMILES string of the molecule is CCN(CC)S(=O)(=O)c1ccc(Cl)c(C(=O)N(C)C(C)c2ccccc2OC)c1. The average molecular weight is 439 g/mol. The maximum absolute atomic E-state index is 13.2. The van der Waals surface area contributed by atoms with Crippen molar-refractivity contribution in [2.75, 3.05) is 27.2 Å². The van der Waals surface area contributed by atoms with E-state index in [0.29, 0.717) is 18.8 Å². The third-order valence-corrected chi connectivity index (χ3v) is 7.38. The maximum atomic E-state index is 13.2. The molecule has 158 valence electrons. The van der Waals surface area contributed by atoms with Crippen molar-refractivity contribution in [1.82, 2.24) is 9.21 Å². The minimum atomic E-state index is -3.70. The van der Waals surface area contributed by atoms with E-state index < -0.39 is 10.0 Å². The molecule has 8 heteroatoms. The second kappa shape index (κ2) is 9.61. The van der Waals surface area contributed by atoms with E-state index >= 15 is 0 Å². The molecule has 0 heterocycles. The van der Waals surface area contributed by atoms with Crippen LogP contribution in [0.15, 0.2) is 47.4 Å². The Balaban J connectivity index is 2.42. The van der Waals surface area contributed by atoms with Gasteiger partial charge in [0.05, 0.1) is 28.6 Å². The molecule has 1 unspecified atom stereocenters. The van der Waals surface area contributed by atoms with Gasteiger partial charge in [0, 0.05) is 25.7 Å². The van der Waals surface area contributed by atoms with Gasteiger partial charge < -0.3 is 9.64 Å². The van der Waals surface area contributed by atoms with Gasteiger partial charge in [0.15, 0.2) is 0 Å². The Labute approximate surface area is 178 Å². The lowest BCUT2D eigenvalue weighted by atomic mass is 10.0.